The van der Waals surface area contributed by atoms with E-state index >= 15 is 0 Å². The summed E-state index contributed by atoms with van der Waals surface area (Å²) in [6.45, 7) is 1.26. The second-order valence-corrected chi connectivity index (χ2v) is 4.81. The number of aromatic nitrogens is 5. The van der Waals surface area contributed by atoms with Crippen molar-refractivity contribution in [2.24, 2.45) is 7.05 Å². The van der Waals surface area contributed by atoms with Crippen LogP contribution in [0.5, 0.6) is 0 Å². The van der Waals surface area contributed by atoms with Gasteiger partial charge < -0.3 is 9.84 Å². The lowest BCUT2D eigenvalue weighted by Crippen LogP contribution is -2.23. The summed E-state index contributed by atoms with van der Waals surface area (Å²) in [6.07, 6.45) is 5.20. The maximum absolute atomic E-state index is 11.3. The van der Waals surface area contributed by atoms with Gasteiger partial charge in [0.2, 0.25) is 0 Å². The molecule has 0 spiro atoms. The van der Waals surface area contributed by atoms with Gasteiger partial charge in [0.15, 0.2) is 5.69 Å². The fraction of sp³-hybridized carbons (Fsp3) is 0.500. The SMILES string of the molecule is Cn1cc(-c2c(C(=O)O)nnn2C2CCCOC2)cn1. The van der Waals surface area contributed by atoms with E-state index in [1.165, 1.54) is 0 Å². The lowest BCUT2D eigenvalue weighted by molar-refractivity contribution is 0.0548. The summed E-state index contributed by atoms with van der Waals surface area (Å²) >= 11 is 0. The highest BCUT2D eigenvalue weighted by Gasteiger charge is 2.27. The van der Waals surface area contributed by atoms with Crippen LogP contribution in [-0.2, 0) is 11.8 Å². The molecule has 2 aromatic heterocycles. The number of carboxylic acid groups (broad SMARTS) is 1. The van der Waals surface area contributed by atoms with Crippen molar-refractivity contribution in [1.29, 1.82) is 0 Å². The van der Waals surface area contributed by atoms with Gasteiger partial charge in [0.1, 0.15) is 5.69 Å². The summed E-state index contributed by atoms with van der Waals surface area (Å²) in [6, 6.07) is 0.0135. The molecule has 20 heavy (non-hydrogen) atoms. The summed E-state index contributed by atoms with van der Waals surface area (Å²) < 4.78 is 8.72. The summed E-state index contributed by atoms with van der Waals surface area (Å²) in [5, 5.41) is 21.2. The molecule has 3 rings (SSSR count). The molecule has 0 radical (unpaired) electrons. The molecule has 2 aromatic rings. The van der Waals surface area contributed by atoms with Crippen LogP contribution in [0.15, 0.2) is 12.4 Å². The number of hydrogen-bond donors (Lipinski definition) is 1. The molecule has 0 bridgehead atoms. The van der Waals surface area contributed by atoms with Crippen LogP contribution in [-0.4, -0.2) is 49.1 Å². The maximum atomic E-state index is 11.3. The molecule has 1 saturated heterocycles. The maximum Gasteiger partial charge on any atom is 0.358 e. The first-order chi connectivity index (χ1) is 9.66. The highest BCUT2D eigenvalue weighted by atomic mass is 16.5. The van der Waals surface area contributed by atoms with Crippen LogP contribution >= 0.6 is 0 Å². The molecule has 1 unspecified atom stereocenters. The van der Waals surface area contributed by atoms with Gasteiger partial charge in [-0.3, -0.25) is 4.68 Å². The van der Waals surface area contributed by atoms with Gasteiger partial charge in [-0.05, 0) is 12.8 Å². The van der Waals surface area contributed by atoms with Gasteiger partial charge in [-0.25, -0.2) is 9.48 Å². The van der Waals surface area contributed by atoms with Gasteiger partial charge in [-0.2, -0.15) is 5.10 Å². The van der Waals surface area contributed by atoms with Crippen LogP contribution in [0.2, 0.25) is 0 Å². The van der Waals surface area contributed by atoms with E-state index in [1.807, 2.05) is 0 Å². The summed E-state index contributed by atoms with van der Waals surface area (Å²) in [5.41, 5.74) is 1.13. The van der Waals surface area contributed by atoms with E-state index in [0.717, 1.165) is 19.4 Å². The quantitative estimate of drug-likeness (QED) is 0.888. The van der Waals surface area contributed by atoms with Crippen molar-refractivity contribution in [3.8, 4) is 11.3 Å². The average molecular weight is 277 g/mol. The first kappa shape index (κ1) is 12.8. The minimum atomic E-state index is -1.09. The van der Waals surface area contributed by atoms with Gasteiger partial charge in [0.05, 0.1) is 18.8 Å². The van der Waals surface area contributed by atoms with Crippen LogP contribution in [0.25, 0.3) is 11.3 Å². The van der Waals surface area contributed by atoms with Crippen LogP contribution in [0, 0.1) is 0 Å². The van der Waals surface area contributed by atoms with E-state index in [1.54, 1.807) is 28.8 Å². The molecule has 0 amide bonds. The Balaban J connectivity index is 2.08. The topological polar surface area (TPSA) is 95.1 Å². The Hall–Kier alpha value is -2.22. The van der Waals surface area contributed by atoms with Crippen LogP contribution in [0.1, 0.15) is 29.4 Å². The van der Waals surface area contributed by atoms with Crippen molar-refractivity contribution in [3.63, 3.8) is 0 Å². The third kappa shape index (κ3) is 2.18. The third-order valence-electron chi connectivity index (χ3n) is 3.36. The van der Waals surface area contributed by atoms with Gasteiger partial charge in [0.25, 0.3) is 0 Å². The zero-order valence-electron chi connectivity index (χ0n) is 11.1. The predicted molar refractivity (Wildman–Crippen MR) is 68.3 cm³/mol. The molecule has 1 fully saturated rings. The number of carbonyl (C=O) groups is 1. The molecule has 8 nitrogen and oxygen atoms in total. The van der Waals surface area contributed by atoms with Gasteiger partial charge in [-0.15, -0.1) is 5.10 Å². The fourth-order valence-corrected chi connectivity index (χ4v) is 2.42. The standard InChI is InChI=1S/C12H15N5O3/c1-16-6-8(5-13-16)11-10(12(18)19)14-15-17(11)9-3-2-4-20-7-9/h5-6,9H,2-4,7H2,1H3,(H,18,19). The number of nitrogens with zero attached hydrogens (tertiary/aromatic N) is 5. The van der Waals surface area contributed by atoms with Crippen molar-refractivity contribution >= 4 is 5.97 Å². The van der Waals surface area contributed by atoms with Crippen LogP contribution < -0.4 is 0 Å². The Labute approximate surface area is 115 Å². The van der Waals surface area contributed by atoms with Crippen molar-refractivity contribution in [1.82, 2.24) is 24.8 Å². The normalized spacial score (nSPS) is 19.1. The Bertz CT molecular complexity index is 627. The molecule has 0 saturated carbocycles. The van der Waals surface area contributed by atoms with Crippen molar-refractivity contribution in [2.75, 3.05) is 13.2 Å². The van der Waals surface area contributed by atoms with Crippen molar-refractivity contribution in [3.05, 3.63) is 18.1 Å². The van der Waals surface area contributed by atoms with Crippen molar-refractivity contribution < 1.29 is 14.6 Å². The molecule has 8 heteroatoms. The highest BCUT2D eigenvalue weighted by Crippen LogP contribution is 2.28. The van der Waals surface area contributed by atoms with E-state index in [0.29, 0.717) is 17.9 Å². The second-order valence-electron chi connectivity index (χ2n) is 4.81. The molecule has 1 aliphatic rings. The molecule has 1 atom stereocenters. The summed E-state index contributed by atoms with van der Waals surface area (Å²) in [5.74, 6) is -1.09. The van der Waals surface area contributed by atoms with E-state index in [9.17, 15) is 9.90 Å². The second kappa shape index (κ2) is 5.04. The summed E-state index contributed by atoms with van der Waals surface area (Å²) in [4.78, 5) is 11.3. The Morgan fingerprint density at radius 1 is 1.55 bits per heavy atom. The lowest BCUT2D eigenvalue weighted by Gasteiger charge is -2.23. The smallest absolute Gasteiger partial charge is 0.358 e. The van der Waals surface area contributed by atoms with E-state index < -0.39 is 5.97 Å². The third-order valence-corrected chi connectivity index (χ3v) is 3.36. The molecule has 0 aliphatic carbocycles. The fourth-order valence-electron chi connectivity index (χ4n) is 2.42. The number of aromatic carboxylic acids is 1. The molecular weight excluding hydrogens is 262 g/mol. The number of carboxylic acids is 1. The van der Waals surface area contributed by atoms with Crippen LogP contribution in [0.3, 0.4) is 0 Å². The first-order valence-corrected chi connectivity index (χ1v) is 6.42. The molecule has 1 aliphatic heterocycles. The van der Waals surface area contributed by atoms with E-state index in [-0.39, 0.29) is 11.7 Å². The van der Waals surface area contributed by atoms with Gasteiger partial charge in [-0.1, -0.05) is 5.21 Å². The monoisotopic (exact) mass is 277 g/mol. The Morgan fingerprint density at radius 3 is 3.00 bits per heavy atom. The average Bonchev–Trinajstić information content (AvgIpc) is 3.05. The molecular formula is C12H15N5O3. The number of rotatable bonds is 3. The zero-order chi connectivity index (χ0) is 14.1. The zero-order valence-corrected chi connectivity index (χ0v) is 11.1. The first-order valence-electron chi connectivity index (χ1n) is 6.42. The van der Waals surface area contributed by atoms with Crippen molar-refractivity contribution in [2.45, 2.75) is 18.9 Å². The summed E-state index contributed by atoms with van der Waals surface area (Å²) in [7, 11) is 1.78. The lowest BCUT2D eigenvalue weighted by atomic mass is 10.1. The van der Waals surface area contributed by atoms with Gasteiger partial charge >= 0.3 is 5.97 Å². The Morgan fingerprint density at radius 2 is 2.40 bits per heavy atom. The minimum absolute atomic E-state index is 0.0135. The van der Waals surface area contributed by atoms with Gasteiger partial charge in [0, 0.05) is 25.4 Å². The van der Waals surface area contributed by atoms with E-state index in [4.69, 9.17) is 4.74 Å². The number of hydrogen-bond acceptors (Lipinski definition) is 5. The molecule has 1 N–H and O–H groups in total. The van der Waals surface area contributed by atoms with E-state index in [2.05, 4.69) is 15.4 Å². The minimum Gasteiger partial charge on any atom is -0.476 e. The molecule has 3 heterocycles. The van der Waals surface area contributed by atoms with Crippen LogP contribution in [0.4, 0.5) is 0 Å². The Kier molecular flexibility index (Phi) is 3.23. The predicted octanol–water partition coefficient (Wildman–Crippen LogP) is 0.728. The number of aryl methyl sites for hydroxylation is 1. The largest absolute Gasteiger partial charge is 0.476 e. The highest BCUT2D eigenvalue weighted by molar-refractivity contribution is 5.92. The number of ether oxygens (including phenoxy) is 1. The molecule has 0 aromatic carbocycles. The molecule has 106 valence electrons.